The fourth-order valence-corrected chi connectivity index (χ4v) is 2.16. The minimum atomic E-state index is -0.113. The molecule has 2 rings (SSSR count). The number of carbonyl (C=O) groups excluding carboxylic acids is 1. The molecule has 3 heteroatoms. The van der Waals surface area contributed by atoms with Gasteiger partial charge in [0.25, 0.3) is 5.91 Å². The summed E-state index contributed by atoms with van der Waals surface area (Å²) in [6, 6.07) is 13.9. The number of carbonyl (C=O) groups is 1. The van der Waals surface area contributed by atoms with E-state index >= 15 is 0 Å². The fraction of sp³-hybridized carbons (Fsp3) is 0.278. The van der Waals surface area contributed by atoms with Crippen molar-refractivity contribution in [2.75, 3.05) is 6.61 Å². The van der Waals surface area contributed by atoms with E-state index in [0.717, 1.165) is 16.9 Å². The predicted octanol–water partition coefficient (Wildman–Crippen LogP) is 3.31. The number of rotatable bonds is 5. The molecular formula is C18H21NO2. The molecule has 3 nitrogen and oxygen atoms in total. The van der Waals surface area contributed by atoms with Gasteiger partial charge in [0.1, 0.15) is 5.75 Å². The lowest BCUT2D eigenvalue weighted by atomic mass is 10.1. The lowest BCUT2D eigenvalue weighted by Crippen LogP contribution is -2.28. The Balaban J connectivity index is 1.84. The summed E-state index contributed by atoms with van der Waals surface area (Å²) in [6.45, 7) is 6.62. The number of ether oxygens (including phenoxy) is 1. The van der Waals surface area contributed by atoms with Crippen molar-refractivity contribution in [3.8, 4) is 5.75 Å². The molecule has 1 N–H and O–H groups in total. The van der Waals surface area contributed by atoms with Crippen LogP contribution < -0.4 is 10.1 Å². The summed E-state index contributed by atoms with van der Waals surface area (Å²) in [6.07, 6.45) is 0. The summed E-state index contributed by atoms with van der Waals surface area (Å²) < 4.78 is 5.56. The van der Waals surface area contributed by atoms with E-state index in [1.807, 2.05) is 63.2 Å². The fourth-order valence-electron chi connectivity index (χ4n) is 2.16. The summed E-state index contributed by atoms with van der Waals surface area (Å²) in [4.78, 5) is 11.8. The third kappa shape index (κ3) is 4.35. The summed E-state index contributed by atoms with van der Waals surface area (Å²) >= 11 is 0. The number of aryl methyl sites for hydroxylation is 3. The Morgan fingerprint density at radius 3 is 2.52 bits per heavy atom. The van der Waals surface area contributed by atoms with Crippen LogP contribution in [0.5, 0.6) is 5.75 Å². The zero-order chi connectivity index (χ0) is 15.2. The van der Waals surface area contributed by atoms with E-state index < -0.39 is 0 Å². The second-order valence-electron chi connectivity index (χ2n) is 5.26. The van der Waals surface area contributed by atoms with Gasteiger partial charge in [-0.2, -0.15) is 0 Å². The molecular weight excluding hydrogens is 262 g/mol. The Hall–Kier alpha value is -2.29. The van der Waals surface area contributed by atoms with Crippen LogP contribution in [0.4, 0.5) is 0 Å². The third-order valence-electron chi connectivity index (χ3n) is 3.43. The van der Waals surface area contributed by atoms with E-state index in [-0.39, 0.29) is 12.5 Å². The number of benzene rings is 2. The van der Waals surface area contributed by atoms with Crippen LogP contribution in [0, 0.1) is 20.8 Å². The number of amides is 1. The Morgan fingerprint density at radius 1 is 1.05 bits per heavy atom. The van der Waals surface area contributed by atoms with E-state index in [1.54, 1.807) is 0 Å². The normalized spacial score (nSPS) is 10.2. The lowest BCUT2D eigenvalue weighted by Gasteiger charge is -2.11. The van der Waals surface area contributed by atoms with Gasteiger partial charge in [0.05, 0.1) is 0 Å². The van der Waals surface area contributed by atoms with Gasteiger partial charge in [-0.3, -0.25) is 4.79 Å². The van der Waals surface area contributed by atoms with Crippen molar-refractivity contribution >= 4 is 5.91 Å². The van der Waals surface area contributed by atoms with E-state index in [9.17, 15) is 4.79 Å². The maximum atomic E-state index is 11.8. The van der Waals surface area contributed by atoms with Crippen LogP contribution in [0.3, 0.4) is 0 Å². The van der Waals surface area contributed by atoms with Gasteiger partial charge in [-0.25, -0.2) is 0 Å². The van der Waals surface area contributed by atoms with Crippen LogP contribution in [-0.2, 0) is 11.3 Å². The highest BCUT2D eigenvalue weighted by Crippen LogP contribution is 2.18. The van der Waals surface area contributed by atoms with Crippen LogP contribution in [0.25, 0.3) is 0 Å². The molecule has 0 saturated carbocycles. The zero-order valence-corrected chi connectivity index (χ0v) is 12.8. The molecule has 0 aliphatic heterocycles. The van der Waals surface area contributed by atoms with E-state index in [4.69, 9.17) is 4.74 Å². The number of hydrogen-bond donors (Lipinski definition) is 1. The van der Waals surface area contributed by atoms with Gasteiger partial charge in [0, 0.05) is 6.54 Å². The van der Waals surface area contributed by atoms with Gasteiger partial charge in [-0.15, -0.1) is 0 Å². The Labute approximate surface area is 126 Å². The zero-order valence-electron chi connectivity index (χ0n) is 12.8. The summed E-state index contributed by atoms with van der Waals surface area (Å²) in [5.74, 6) is 0.643. The maximum absolute atomic E-state index is 11.8. The molecule has 0 aromatic heterocycles. The molecule has 0 spiro atoms. The first kappa shape index (κ1) is 15.1. The topological polar surface area (TPSA) is 38.3 Å². The molecule has 0 saturated heterocycles. The Morgan fingerprint density at radius 2 is 1.81 bits per heavy atom. The van der Waals surface area contributed by atoms with Crippen LogP contribution in [-0.4, -0.2) is 12.5 Å². The van der Waals surface area contributed by atoms with Gasteiger partial charge in [-0.1, -0.05) is 42.0 Å². The molecule has 0 heterocycles. The van der Waals surface area contributed by atoms with Crippen molar-refractivity contribution in [2.24, 2.45) is 0 Å². The SMILES string of the molecule is Cc1ccc(OCC(=O)NCc2ccccc2C)c(C)c1. The largest absolute Gasteiger partial charge is 0.484 e. The van der Waals surface area contributed by atoms with Crippen molar-refractivity contribution < 1.29 is 9.53 Å². The first-order valence-electron chi connectivity index (χ1n) is 7.07. The minimum absolute atomic E-state index is 0.0375. The minimum Gasteiger partial charge on any atom is -0.484 e. The average molecular weight is 283 g/mol. The van der Waals surface area contributed by atoms with Gasteiger partial charge in [0.2, 0.25) is 0 Å². The third-order valence-corrected chi connectivity index (χ3v) is 3.43. The van der Waals surface area contributed by atoms with E-state index in [0.29, 0.717) is 6.54 Å². The van der Waals surface area contributed by atoms with E-state index in [1.165, 1.54) is 11.1 Å². The molecule has 110 valence electrons. The molecule has 0 unspecified atom stereocenters. The molecule has 0 radical (unpaired) electrons. The first-order chi connectivity index (χ1) is 10.1. The maximum Gasteiger partial charge on any atom is 0.258 e. The summed E-state index contributed by atoms with van der Waals surface area (Å²) in [5.41, 5.74) is 4.52. The second-order valence-corrected chi connectivity index (χ2v) is 5.26. The Kier molecular flexibility index (Phi) is 4.99. The van der Waals surface area contributed by atoms with Crippen LogP contribution in [0.2, 0.25) is 0 Å². The summed E-state index contributed by atoms with van der Waals surface area (Å²) in [7, 11) is 0. The van der Waals surface area contributed by atoms with E-state index in [2.05, 4.69) is 5.32 Å². The highest BCUT2D eigenvalue weighted by Gasteiger charge is 2.05. The lowest BCUT2D eigenvalue weighted by molar-refractivity contribution is -0.123. The smallest absolute Gasteiger partial charge is 0.258 e. The molecule has 1 amide bonds. The second kappa shape index (κ2) is 6.93. The van der Waals surface area contributed by atoms with Crippen molar-refractivity contribution in [3.05, 3.63) is 64.7 Å². The van der Waals surface area contributed by atoms with Crippen molar-refractivity contribution in [2.45, 2.75) is 27.3 Å². The highest BCUT2D eigenvalue weighted by molar-refractivity contribution is 5.77. The standard InChI is InChI=1S/C18H21NO2/c1-13-8-9-17(15(3)10-13)21-12-18(20)19-11-16-7-5-4-6-14(16)2/h4-10H,11-12H2,1-3H3,(H,19,20). The Bertz CT molecular complexity index is 635. The van der Waals surface area contributed by atoms with Crippen LogP contribution >= 0.6 is 0 Å². The molecule has 0 atom stereocenters. The average Bonchev–Trinajstić information content (AvgIpc) is 2.45. The van der Waals surface area contributed by atoms with Gasteiger partial charge < -0.3 is 10.1 Å². The number of nitrogens with one attached hydrogen (secondary N) is 1. The van der Waals surface area contributed by atoms with Crippen molar-refractivity contribution in [3.63, 3.8) is 0 Å². The van der Waals surface area contributed by atoms with Gasteiger partial charge in [0.15, 0.2) is 6.61 Å². The molecule has 2 aromatic carbocycles. The molecule has 0 bridgehead atoms. The molecule has 0 aliphatic carbocycles. The van der Waals surface area contributed by atoms with Crippen molar-refractivity contribution in [1.29, 1.82) is 0 Å². The predicted molar refractivity (Wildman–Crippen MR) is 84.4 cm³/mol. The highest BCUT2D eigenvalue weighted by atomic mass is 16.5. The molecule has 0 fully saturated rings. The van der Waals surface area contributed by atoms with Crippen LogP contribution in [0.15, 0.2) is 42.5 Å². The summed E-state index contributed by atoms with van der Waals surface area (Å²) in [5, 5.41) is 2.88. The first-order valence-corrected chi connectivity index (χ1v) is 7.07. The van der Waals surface area contributed by atoms with Gasteiger partial charge in [-0.05, 0) is 43.5 Å². The quantitative estimate of drug-likeness (QED) is 0.914. The molecule has 0 aliphatic rings. The monoisotopic (exact) mass is 283 g/mol. The molecule has 2 aromatic rings. The van der Waals surface area contributed by atoms with Crippen molar-refractivity contribution in [1.82, 2.24) is 5.32 Å². The van der Waals surface area contributed by atoms with Gasteiger partial charge >= 0.3 is 0 Å². The number of hydrogen-bond acceptors (Lipinski definition) is 2. The van der Waals surface area contributed by atoms with Crippen LogP contribution in [0.1, 0.15) is 22.3 Å². The molecule has 21 heavy (non-hydrogen) atoms.